The van der Waals surface area contributed by atoms with Gasteiger partial charge in [0.15, 0.2) is 0 Å². The highest BCUT2D eigenvalue weighted by atomic mass is 16.5. The van der Waals surface area contributed by atoms with Crippen LogP contribution in [0.15, 0.2) is 0 Å². The number of rotatable bonds is 8. The van der Waals surface area contributed by atoms with E-state index < -0.39 is 0 Å². The second-order valence-electron chi connectivity index (χ2n) is 7.70. The van der Waals surface area contributed by atoms with Crippen molar-refractivity contribution >= 4 is 0 Å². The Morgan fingerprint density at radius 3 is 2.55 bits per heavy atom. The van der Waals surface area contributed by atoms with Gasteiger partial charge in [0.05, 0.1) is 6.61 Å². The number of hydrogen-bond acceptors (Lipinski definition) is 3. The van der Waals surface area contributed by atoms with Gasteiger partial charge >= 0.3 is 0 Å². The summed E-state index contributed by atoms with van der Waals surface area (Å²) in [5.74, 6) is 0. The zero-order valence-corrected chi connectivity index (χ0v) is 14.4. The molecule has 0 radical (unpaired) electrons. The second kappa shape index (κ2) is 8.35. The van der Waals surface area contributed by atoms with Crippen LogP contribution in [0, 0.1) is 5.41 Å². The van der Waals surface area contributed by atoms with Crippen LogP contribution in [0.25, 0.3) is 0 Å². The van der Waals surface area contributed by atoms with Gasteiger partial charge in [0.1, 0.15) is 0 Å². The third kappa shape index (κ3) is 7.05. The minimum atomic E-state index is 0.186. The van der Waals surface area contributed by atoms with Crippen LogP contribution in [0.1, 0.15) is 59.8 Å². The Balaban J connectivity index is 2.49. The first-order chi connectivity index (χ1) is 9.37. The van der Waals surface area contributed by atoms with Crippen LogP contribution in [0.2, 0.25) is 0 Å². The monoisotopic (exact) mass is 284 g/mol. The molecule has 0 aromatic heterocycles. The quantitative estimate of drug-likeness (QED) is 0.692. The van der Waals surface area contributed by atoms with E-state index in [-0.39, 0.29) is 5.54 Å². The molecule has 120 valence electrons. The molecule has 3 nitrogen and oxygen atoms in total. The molecule has 1 unspecified atom stereocenters. The van der Waals surface area contributed by atoms with Gasteiger partial charge < -0.3 is 15.0 Å². The lowest BCUT2D eigenvalue weighted by Crippen LogP contribution is -2.52. The topological polar surface area (TPSA) is 24.5 Å². The molecular weight excluding hydrogens is 248 g/mol. The van der Waals surface area contributed by atoms with Crippen LogP contribution in [-0.2, 0) is 4.74 Å². The fourth-order valence-electron chi connectivity index (χ4n) is 2.97. The largest absolute Gasteiger partial charge is 0.381 e. The Morgan fingerprint density at radius 1 is 1.25 bits per heavy atom. The minimum Gasteiger partial charge on any atom is -0.381 e. The summed E-state index contributed by atoms with van der Waals surface area (Å²) in [4.78, 5) is 2.51. The Labute approximate surface area is 126 Å². The number of ether oxygens (including phenoxy) is 1. The molecule has 20 heavy (non-hydrogen) atoms. The highest BCUT2D eigenvalue weighted by Gasteiger charge is 2.34. The van der Waals surface area contributed by atoms with E-state index >= 15 is 0 Å². The maximum Gasteiger partial charge on any atom is 0.0546 e. The van der Waals surface area contributed by atoms with Crippen molar-refractivity contribution in [2.75, 3.05) is 39.9 Å². The van der Waals surface area contributed by atoms with E-state index in [0.717, 1.165) is 26.3 Å². The van der Waals surface area contributed by atoms with Gasteiger partial charge in [0, 0.05) is 30.7 Å². The van der Waals surface area contributed by atoms with E-state index in [2.05, 4.69) is 45.0 Å². The second-order valence-corrected chi connectivity index (χ2v) is 7.70. The van der Waals surface area contributed by atoms with E-state index in [1.54, 1.807) is 0 Å². The van der Waals surface area contributed by atoms with E-state index in [4.69, 9.17) is 4.74 Å². The van der Waals surface area contributed by atoms with Crippen molar-refractivity contribution in [3.63, 3.8) is 0 Å². The molecule has 1 aliphatic heterocycles. The van der Waals surface area contributed by atoms with Gasteiger partial charge in [-0.05, 0) is 53.6 Å². The standard InChI is InChI=1S/C17H36N2O/c1-6-7-8-11-19(5)14-17(10-9-12-20-15-17)13-18-16(2,3)4/h18H,6-15H2,1-5H3. The summed E-state index contributed by atoms with van der Waals surface area (Å²) in [6.45, 7) is 14.3. The highest BCUT2D eigenvalue weighted by molar-refractivity contribution is 4.89. The van der Waals surface area contributed by atoms with Gasteiger partial charge in [-0.1, -0.05) is 19.8 Å². The third-order valence-electron chi connectivity index (χ3n) is 4.15. The maximum absolute atomic E-state index is 5.81. The van der Waals surface area contributed by atoms with Crippen molar-refractivity contribution in [3.8, 4) is 0 Å². The van der Waals surface area contributed by atoms with Crippen LogP contribution in [0.4, 0.5) is 0 Å². The zero-order valence-electron chi connectivity index (χ0n) is 14.4. The van der Waals surface area contributed by atoms with Crippen molar-refractivity contribution in [2.24, 2.45) is 5.41 Å². The Bertz CT molecular complexity index is 254. The Kier molecular flexibility index (Phi) is 7.49. The van der Waals surface area contributed by atoms with Crippen LogP contribution in [-0.4, -0.2) is 50.3 Å². The van der Waals surface area contributed by atoms with E-state index in [9.17, 15) is 0 Å². The summed E-state index contributed by atoms with van der Waals surface area (Å²) >= 11 is 0. The lowest BCUT2D eigenvalue weighted by atomic mass is 9.81. The summed E-state index contributed by atoms with van der Waals surface area (Å²) < 4.78 is 5.81. The molecule has 1 fully saturated rings. The molecule has 0 saturated carbocycles. The first-order valence-electron chi connectivity index (χ1n) is 8.38. The summed E-state index contributed by atoms with van der Waals surface area (Å²) in [6.07, 6.45) is 6.45. The van der Waals surface area contributed by atoms with Gasteiger partial charge in [0.25, 0.3) is 0 Å². The van der Waals surface area contributed by atoms with E-state index in [1.165, 1.54) is 38.6 Å². The van der Waals surface area contributed by atoms with Crippen LogP contribution in [0.3, 0.4) is 0 Å². The van der Waals surface area contributed by atoms with Crippen LogP contribution >= 0.6 is 0 Å². The molecule has 0 aliphatic carbocycles. The Morgan fingerprint density at radius 2 is 2.00 bits per heavy atom. The molecule has 1 saturated heterocycles. The van der Waals surface area contributed by atoms with Crippen molar-refractivity contribution in [1.82, 2.24) is 10.2 Å². The summed E-state index contributed by atoms with van der Waals surface area (Å²) in [5.41, 5.74) is 0.484. The van der Waals surface area contributed by atoms with E-state index in [1.807, 2.05) is 0 Å². The normalized spacial score (nSPS) is 24.3. The molecule has 0 bridgehead atoms. The van der Waals surface area contributed by atoms with Gasteiger partial charge in [0.2, 0.25) is 0 Å². The van der Waals surface area contributed by atoms with Crippen molar-refractivity contribution in [3.05, 3.63) is 0 Å². The molecule has 0 aromatic rings. The summed E-state index contributed by atoms with van der Waals surface area (Å²) in [5, 5.41) is 3.70. The molecule has 0 amide bonds. The minimum absolute atomic E-state index is 0.186. The Hall–Kier alpha value is -0.120. The summed E-state index contributed by atoms with van der Waals surface area (Å²) in [7, 11) is 2.27. The summed E-state index contributed by atoms with van der Waals surface area (Å²) in [6, 6.07) is 0. The number of nitrogens with one attached hydrogen (secondary N) is 1. The van der Waals surface area contributed by atoms with Crippen molar-refractivity contribution in [2.45, 2.75) is 65.3 Å². The van der Waals surface area contributed by atoms with Crippen LogP contribution < -0.4 is 5.32 Å². The number of hydrogen-bond donors (Lipinski definition) is 1. The SMILES string of the molecule is CCCCCN(C)CC1(CNC(C)(C)C)CCCOC1. The molecule has 1 rings (SSSR count). The molecule has 1 atom stereocenters. The first-order valence-corrected chi connectivity index (χ1v) is 8.38. The van der Waals surface area contributed by atoms with Gasteiger partial charge in [-0.15, -0.1) is 0 Å². The molecule has 1 heterocycles. The molecule has 0 aromatic carbocycles. The van der Waals surface area contributed by atoms with Gasteiger partial charge in [-0.25, -0.2) is 0 Å². The average molecular weight is 284 g/mol. The average Bonchev–Trinajstić information content (AvgIpc) is 2.37. The lowest BCUT2D eigenvalue weighted by molar-refractivity contribution is -0.0254. The number of unbranched alkanes of at least 4 members (excludes halogenated alkanes) is 2. The first kappa shape index (κ1) is 17.9. The lowest BCUT2D eigenvalue weighted by Gasteiger charge is -2.41. The molecule has 3 heteroatoms. The number of nitrogens with zero attached hydrogens (tertiary/aromatic N) is 1. The fourth-order valence-corrected chi connectivity index (χ4v) is 2.97. The predicted molar refractivity (Wildman–Crippen MR) is 87.3 cm³/mol. The highest BCUT2D eigenvalue weighted by Crippen LogP contribution is 2.29. The fraction of sp³-hybridized carbons (Fsp3) is 1.00. The van der Waals surface area contributed by atoms with Gasteiger partial charge in [-0.2, -0.15) is 0 Å². The van der Waals surface area contributed by atoms with Crippen molar-refractivity contribution in [1.29, 1.82) is 0 Å². The third-order valence-corrected chi connectivity index (χ3v) is 4.15. The van der Waals surface area contributed by atoms with Crippen LogP contribution in [0.5, 0.6) is 0 Å². The molecular formula is C17H36N2O. The zero-order chi connectivity index (χ0) is 15.1. The predicted octanol–water partition coefficient (Wildman–Crippen LogP) is 3.29. The molecule has 0 spiro atoms. The van der Waals surface area contributed by atoms with Gasteiger partial charge in [-0.3, -0.25) is 0 Å². The molecule has 1 aliphatic rings. The molecule has 1 N–H and O–H groups in total. The smallest absolute Gasteiger partial charge is 0.0546 e. The maximum atomic E-state index is 5.81. The van der Waals surface area contributed by atoms with E-state index in [0.29, 0.717) is 5.41 Å². The van der Waals surface area contributed by atoms with Crippen molar-refractivity contribution < 1.29 is 4.74 Å².